The lowest BCUT2D eigenvalue weighted by molar-refractivity contribution is 0.156. The van der Waals surface area contributed by atoms with Crippen molar-refractivity contribution in [3.63, 3.8) is 0 Å². The van der Waals surface area contributed by atoms with E-state index in [1.807, 2.05) is 0 Å². The Bertz CT molecular complexity index is 353. The van der Waals surface area contributed by atoms with Crippen molar-refractivity contribution in [2.45, 2.75) is 52.1 Å². The first kappa shape index (κ1) is 15.5. The lowest BCUT2D eigenvalue weighted by Crippen LogP contribution is -2.46. The van der Waals surface area contributed by atoms with E-state index in [2.05, 4.69) is 54.4 Å². The fourth-order valence-electron chi connectivity index (χ4n) is 3.17. The predicted octanol–water partition coefficient (Wildman–Crippen LogP) is 3.68. The van der Waals surface area contributed by atoms with Crippen molar-refractivity contribution in [3.05, 3.63) is 35.9 Å². The molecule has 0 spiro atoms. The molecule has 0 aliphatic carbocycles. The van der Waals surface area contributed by atoms with Crippen LogP contribution in [-0.2, 0) is 6.54 Å². The normalized spacial score (nSPS) is 18.9. The number of likely N-dealkylation sites (tertiary alicyclic amines) is 1. The van der Waals surface area contributed by atoms with E-state index in [4.69, 9.17) is 0 Å². The Kier molecular flexibility index (Phi) is 6.55. The molecule has 0 amide bonds. The predicted molar refractivity (Wildman–Crippen MR) is 86.8 cm³/mol. The number of nitrogens with one attached hydrogen (secondary N) is 1. The number of rotatable bonds is 6. The first-order valence-electron chi connectivity index (χ1n) is 8.26. The van der Waals surface area contributed by atoms with Gasteiger partial charge in [-0.3, -0.25) is 4.90 Å². The zero-order valence-corrected chi connectivity index (χ0v) is 13.1. The second-order valence-electron chi connectivity index (χ2n) is 6.38. The van der Waals surface area contributed by atoms with Crippen molar-refractivity contribution in [1.82, 2.24) is 10.2 Å². The molecule has 1 saturated heterocycles. The Labute approximate surface area is 124 Å². The van der Waals surface area contributed by atoms with Gasteiger partial charge in [0.1, 0.15) is 0 Å². The molecule has 2 nitrogen and oxygen atoms in total. The summed E-state index contributed by atoms with van der Waals surface area (Å²) in [6.07, 6.45) is 5.58. The Balaban J connectivity index is 1.82. The summed E-state index contributed by atoms with van der Waals surface area (Å²) in [5.41, 5.74) is 1.38. The molecule has 1 heterocycles. The Morgan fingerprint density at radius 3 is 2.25 bits per heavy atom. The van der Waals surface area contributed by atoms with Gasteiger partial charge in [-0.25, -0.2) is 0 Å². The maximum Gasteiger partial charge on any atom is 0.0243 e. The van der Waals surface area contributed by atoms with Gasteiger partial charge in [-0.15, -0.1) is 0 Å². The molecule has 0 radical (unpaired) electrons. The van der Waals surface area contributed by atoms with E-state index in [9.17, 15) is 0 Å². The molecule has 1 aromatic rings. The number of hydrogen-bond acceptors (Lipinski definition) is 2. The molecule has 1 unspecified atom stereocenters. The molecule has 1 aliphatic heterocycles. The van der Waals surface area contributed by atoms with Crippen LogP contribution in [0.3, 0.4) is 0 Å². The zero-order chi connectivity index (χ0) is 14.2. The molecule has 20 heavy (non-hydrogen) atoms. The minimum atomic E-state index is 0.678. The van der Waals surface area contributed by atoms with E-state index in [1.54, 1.807) is 0 Å². The van der Waals surface area contributed by atoms with Gasteiger partial charge < -0.3 is 5.32 Å². The molecule has 1 atom stereocenters. The Morgan fingerprint density at radius 2 is 1.65 bits per heavy atom. The summed E-state index contributed by atoms with van der Waals surface area (Å²) >= 11 is 0. The highest BCUT2D eigenvalue weighted by Crippen LogP contribution is 2.17. The van der Waals surface area contributed by atoms with Crippen LogP contribution in [0.4, 0.5) is 0 Å². The molecule has 1 aromatic carbocycles. The largest absolute Gasteiger partial charge is 0.311 e. The SMILES string of the molecule is CC(C)C(CNCc1ccccc1)N1CCCCCC1. The summed E-state index contributed by atoms with van der Waals surface area (Å²) in [7, 11) is 0. The lowest BCUT2D eigenvalue weighted by Gasteiger charge is -2.34. The lowest BCUT2D eigenvalue weighted by atomic mass is 10.0. The number of hydrogen-bond donors (Lipinski definition) is 1. The Morgan fingerprint density at radius 1 is 1.00 bits per heavy atom. The summed E-state index contributed by atoms with van der Waals surface area (Å²) in [5.74, 6) is 0.719. The first-order valence-corrected chi connectivity index (χ1v) is 8.26. The van der Waals surface area contributed by atoms with E-state index in [0.717, 1.165) is 19.0 Å². The van der Waals surface area contributed by atoms with Gasteiger partial charge in [0.15, 0.2) is 0 Å². The van der Waals surface area contributed by atoms with Gasteiger partial charge in [-0.2, -0.15) is 0 Å². The van der Waals surface area contributed by atoms with Crippen LogP contribution < -0.4 is 5.32 Å². The van der Waals surface area contributed by atoms with Gasteiger partial charge in [0.25, 0.3) is 0 Å². The fraction of sp³-hybridized carbons (Fsp3) is 0.667. The quantitative estimate of drug-likeness (QED) is 0.851. The number of nitrogens with zero attached hydrogens (tertiary/aromatic N) is 1. The van der Waals surface area contributed by atoms with Gasteiger partial charge in [-0.05, 0) is 37.4 Å². The van der Waals surface area contributed by atoms with E-state index in [-0.39, 0.29) is 0 Å². The van der Waals surface area contributed by atoms with Crippen LogP contribution >= 0.6 is 0 Å². The first-order chi connectivity index (χ1) is 9.77. The Hall–Kier alpha value is -0.860. The zero-order valence-electron chi connectivity index (χ0n) is 13.1. The minimum Gasteiger partial charge on any atom is -0.311 e. The third kappa shape index (κ3) is 4.92. The molecule has 1 aliphatic rings. The standard InChI is InChI=1S/C18H30N2/c1-16(2)18(20-12-8-3-4-9-13-20)15-19-14-17-10-6-5-7-11-17/h5-7,10-11,16,18-19H,3-4,8-9,12-15H2,1-2H3. The van der Waals surface area contributed by atoms with Crippen molar-refractivity contribution in [1.29, 1.82) is 0 Å². The molecule has 0 saturated carbocycles. The summed E-state index contributed by atoms with van der Waals surface area (Å²) in [4.78, 5) is 2.72. The van der Waals surface area contributed by atoms with Crippen LogP contribution in [0.5, 0.6) is 0 Å². The molecular formula is C18H30N2. The number of benzene rings is 1. The summed E-state index contributed by atoms with van der Waals surface area (Å²) < 4.78 is 0. The maximum atomic E-state index is 3.66. The third-order valence-corrected chi connectivity index (χ3v) is 4.40. The molecule has 2 heteroatoms. The second-order valence-corrected chi connectivity index (χ2v) is 6.38. The van der Waals surface area contributed by atoms with Crippen LogP contribution in [0.2, 0.25) is 0 Å². The average molecular weight is 274 g/mol. The van der Waals surface area contributed by atoms with Crippen molar-refractivity contribution in [3.8, 4) is 0 Å². The monoisotopic (exact) mass is 274 g/mol. The molecule has 112 valence electrons. The van der Waals surface area contributed by atoms with E-state index in [0.29, 0.717) is 6.04 Å². The van der Waals surface area contributed by atoms with Crippen LogP contribution in [0.15, 0.2) is 30.3 Å². The summed E-state index contributed by atoms with van der Waals surface area (Å²) in [6, 6.07) is 11.4. The van der Waals surface area contributed by atoms with Crippen molar-refractivity contribution >= 4 is 0 Å². The van der Waals surface area contributed by atoms with Gasteiger partial charge in [0, 0.05) is 19.1 Å². The van der Waals surface area contributed by atoms with E-state index < -0.39 is 0 Å². The topological polar surface area (TPSA) is 15.3 Å². The maximum absolute atomic E-state index is 3.66. The van der Waals surface area contributed by atoms with Gasteiger partial charge >= 0.3 is 0 Å². The molecule has 0 bridgehead atoms. The van der Waals surface area contributed by atoms with Crippen LogP contribution in [0.25, 0.3) is 0 Å². The van der Waals surface area contributed by atoms with Crippen LogP contribution in [0, 0.1) is 5.92 Å². The van der Waals surface area contributed by atoms with E-state index >= 15 is 0 Å². The van der Waals surface area contributed by atoms with Crippen LogP contribution in [-0.4, -0.2) is 30.6 Å². The van der Waals surface area contributed by atoms with Crippen molar-refractivity contribution in [2.75, 3.05) is 19.6 Å². The van der Waals surface area contributed by atoms with Gasteiger partial charge in [0.2, 0.25) is 0 Å². The van der Waals surface area contributed by atoms with Crippen LogP contribution in [0.1, 0.15) is 45.1 Å². The fourth-order valence-corrected chi connectivity index (χ4v) is 3.17. The third-order valence-electron chi connectivity index (χ3n) is 4.40. The van der Waals surface area contributed by atoms with Crippen molar-refractivity contribution < 1.29 is 0 Å². The van der Waals surface area contributed by atoms with Crippen molar-refractivity contribution in [2.24, 2.45) is 5.92 Å². The average Bonchev–Trinajstić information content (AvgIpc) is 2.73. The van der Waals surface area contributed by atoms with E-state index in [1.165, 1.54) is 44.3 Å². The summed E-state index contributed by atoms with van der Waals surface area (Å²) in [6.45, 7) is 9.38. The highest BCUT2D eigenvalue weighted by molar-refractivity contribution is 5.14. The smallest absolute Gasteiger partial charge is 0.0243 e. The second kappa shape index (κ2) is 8.43. The van der Waals surface area contributed by atoms with Gasteiger partial charge in [-0.1, -0.05) is 57.0 Å². The molecule has 1 N–H and O–H groups in total. The highest BCUT2D eigenvalue weighted by atomic mass is 15.2. The summed E-state index contributed by atoms with van der Waals surface area (Å²) in [5, 5.41) is 3.66. The van der Waals surface area contributed by atoms with Gasteiger partial charge in [0.05, 0.1) is 0 Å². The highest BCUT2D eigenvalue weighted by Gasteiger charge is 2.22. The molecule has 0 aromatic heterocycles. The molecule has 1 fully saturated rings. The molecular weight excluding hydrogens is 244 g/mol. The minimum absolute atomic E-state index is 0.678. The molecule has 2 rings (SSSR count).